The Morgan fingerprint density at radius 2 is 1.94 bits per heavy atom. The standard InChI is InChI=1S/C14H10N4/c1-2-4-11-9(3-1)10(7-16-11)13-8-17-14-12(18-13)5-6-15-14/h1-8,16H,(H,15,17). The first-order valence-electron chi connectivity index (χ1n) is 5.78. The highest BCUT2D eigenvalue weighted by atomic mass is 14.9. The van der Waals surface area contributed by atoms with E-state index >= 15 is 0 Å². The van der Waals surface area contributed by atoms with Crippen LogP contribution in [0.4, 0.5) is 0 Å². The van der Waals surface area contributed by atoms with Gasteiger partial charge in [0.15, 0.2) is 5.65 Å². The first-order valence-corrected chi connectivity index (χ1v) is 5.78. The van der Waals surface area contributed by atoms with E-state index in [2.05, 4.69) is 32.1 Å². The third-order valence-corrected chi connectivity index (χ3v) is 3.13. The van der Waals surface area contributed by atoms with Gasteiger partial charge in [0.05, 0.1) is 11.9 Å². The van der Waals surface area contributed by atoms with Crippen LogP contribution in [0.15, 0.2) is 48.9 Å². The maximum absolute atomic E-state index is 4.61. The van der Waals surface area contributed by atoms with Crippen LogP contribution < -0.4 is 0 Å². The van der Waals surface area contributed by atoms with Crippen LogP contribution in [0.5, 0.6) is 0 Å². The van der Waals surface area contributed by atoms with Crippen molar-refractivity contribution in [1.82, 2.24) is 19.9 Å². The van der Waals surface area contributed by atoms with Gasteiger partial charge in [-0.25, -0.2) is 9.97 Å². The Balaban J connectivity index is 2.00. The van der Waals surface area contributed by atoms with Crippen LogP contribution in [0.2, 0.25) is 0 Å². The molecular weight excluding hydrogens is 224 g/mol. The molecule has 3 heterocycles. The maximum Gasteiger partial charge on any atom is 0.156 e. The van der Waals surface area contributed by atoms with Gasteiger partial charge in [-0.05, 0) is 12.1 Å². The van der Waals surface area contributed by atoms with Gasteiger partial charge in [-0.2, -0.15) is 0 Å². The van der Waals surface area contributed by atoms with E-state index in [1.54, 1.807) is 6.20 Å². The molecule has 0 saturated carbocycles. The zero-order chi connectivity index (χ0) is 11.9. The summed E-state index contributed by atoms with van der Waals surface area (Å²) in [6.07, 6.45) is 5.63. The number of rotatable bonds is 1. The predicted octanol–water partition coefficient (Wildman–Crippen LogP) is 3.11. The number of nitrogens with one attached hydrogen (secondary N) is 2. The van der Waals surface area contributed by atoms with Gasteiger partial charge in [0.25, 0.3) is 0 Å². The van der Waals surface area contributed by atoms with E-state index in [4.69, 9.17) is 0 Å². The Bertz CT molecular complexity index is 841. The van der Waals surface area contributed by atoms with Gasteiger partial charge in [-0.1, -0.05) is 18.2 Å². The van der Waals surface area contributed by atoms with Crippen molar-refractivity contribution in [3.63, 3.8) is 0 Å². The molecule has 0 spiro atoms. The number of aromatic nitrogens is 4. The van der Waals surface area contributed by atoms with E-state index in [0.717, 1.165) is 27.9 Å². The van der Waals surface area contributed by atoms with Crippen LogP contribution in [0, 0.1) is 0 Å². The molecule has 0 amide bonds. The molecule has 0 unspecified atom stereocenters. The third kappa shape index (κ3) is 1.26. The summed E-state index contributed by atoms with van der Waals surface area (Å²) in [5.74, 6) is 0. The highest BCUT2D eigenvalue weighted by molar-refractivity contribution is 5.95. The molecule has 4 aromatic rings. The Hall–Kier alpha value is -2.62. The first kappa shape index (κ1) is 9.41. The fraction of sp³-hybridized carbons (Fsp3) is 0. The maximum atomic E-state index is 4.61. The van der Waals surface area contributed by atoms with Crippen molar-refractivity contribution < 1.29 is 0 Å². The second-order valence-electron chi connectivity index (χ2n) is 4.21. The second-order valence-corrected chi connectivity index (χ2v) is 4.21. The molecule has 18 heavy (non-hydrogen) atoms. The van der Waals surface area contributed by atoms with E-state index < -0.39 is 0 Å². The summed E-state index contributed by atoms with van der Waals surface area (Å²) in [6.45, 7) is 0. The van der Waals surface area contributed by atoms with E-state index in [1.807, 2.05) is 30.6 Å². The first-order chi connectivity index (χ1) is 8.92. The lowest BCUT2D eigenvalue weighted by Crippen LogP contribution is -1.85. The third-order valence-electron chi connectivity index (χ3n) is 3.13. The number of aromatic amines is 2. The van der Waals surface area contributed by atoms with Crippen molar-refractivity contribution in [2.75, 3.05) is 0 Å². The number of H-pyrrole nitrogens is 2. The Morgan fingerprint density at radius 3 is 2.94 bits per heavy atom. The molecule has 1 aromatic carbocycles. The van der Waals surface area contributed by atoms with Gasteiger partial charge in [-0.15, -0.1) is 0 Å². The highest BCUT2D eigenvalue weighted by Gasteiger charge is 2.08. The minimum atomic E-state index is 0.818. The van der Waals surface area contributed by atoms with Crippen LogP contribution in [-0.2, 0) is 0 Å². The van der Waals surface area contributed by atoms with E-state index in [9.17, 15) is 0 Å². The van der Waals surface area contributed by atoms with Gasteiger partial charge in [0.1, 0.15) is 5.52 Å². The van der Waals surface area contributed by atoms with Crippen molar-refractivity contribution in [2.45, 2.75) is 0 Å². The summed E-state index contributed by atoms with van der Waals surface area (Å²) in [5.41, 5.74) is 4.79. The van der Waals surface area contributed by atoms with E-state index in [-0.39, 0.29) is 0 Å². The molecule has 0 aliphatic heterocycles. The fourth-order valence-corrected chi connectivity index (χ4v) is 2.24. The Morgan fingerprint density at radius 1 is 1.00 bits per heavy atom. The molecule has 3 aromatic heterocycles. The lowest BCUT2D eigenvalue weighted by Gasteiger charge is -1.98. The van der Waals surface area contributed by atoms with Crippen molar-refractivity contribution in [1.29, 1.82) is 0 Å². The summed E-state index contributed by atoms with van der Waals surface area (Å²) < 4.78 is 0. The monoisotopic (exact) mass is 234 g/mol. The number of para-hydroxylation sites is 1. The van der Waals surface area contributed by atoms with Crippen molar-refractivity contribution >= 4 is 22.1 Å². The van der Waals surface area contributed by atoms with E-state index in [0.29, 0.717) is 0 Å². The van der Waals surface area contributed by atoms with E-state index in [1.165, 1.54) is 5.39 Å². The molecule has 86 valence electrons. The SMILES string of the molecule is c1ccc2c(-c3cnc4[nH]ccc4n3)c[nH]c2c1. The topological polar surface area (TPSA) is 57.4 Å². The molecule has 4 rings (SSSR count). The number of benzene rings is 1. The van der Waals surface area contributed by atoms with Crippen molar-refractivity contribution in [3.05, 3.63) is 48.9 Å². The summed E-state index contributed by atoms with van der Waals surface area (Å²) in [4.78, 5) is 15.3. The summed E-state index contributed by atoms with van der Waals surface area (Å²) in [6, 6.07) is 10.1. The van der Waals surface area contributed by atoms with Crippen LogP contribution >= 0.6 is 0 Å². The van der Waals surface area contributed by atoms with Gasteiger partial charge in [0, 0.05) is 28.9 Å². The van der Waals surface area contributed by atoms with Crippen molar-refractivity contribution in [2.24, 2.45) is 0 Å². The number of fused-ring (bicyclic) bond motifs is 2. The smallest absolute Gasteiger partial charge is 0.156 e. The molecule has 0 saturated heterocycles. The largest absolute Gasteiger partial charge is 0.360 e. The van der Waals surface area contributed by atoms with Gasteiger partial charge in [0.2, 0.25) is 0 Å². The number of nitrogens with zero attached hydrogens (tertiary/aromatic N) is 2. The van der Waals surface area contributed by atoms with Crippen LogP contribution in [-0.4, -0.2) is 19.9 Å². The lowest BCUT2D eigenvalue weighted by molar-refractivity contribution is 1.27. The minimum Gasteiger partial charge on any atom is -0.360 e. The summed E-state index contributed by atoms with van der Waals surface area (Å²) in [7, 11) is 0. The quantitative estimate of drug-likeness (QED) is 0.531. The summed E-state index contributed by atoms with van der Waals surface area (Å²) >= 11 is 0. The lowest BCUT2D eigenvalue weighted by atomic mass is 10.1. The second kappa shape index (κ2) is 3.43. The average Bonchev–Trinajstić information content (AvgIpc) is 3.04. The molecule has 0 fully saturated rings. The average molecular weight is 234 g/mol. The summed E-state index contributed by atoms with van der Waals surface area (Å²) in [5, 5.41) is 1.17. The molecule has 0 aliphatic rings. The predicted molar refractivity (Wildman–Crippen MR) is 71.2 cm³/mol. The molecule has 4 nitrogen and oxygen atoms in total. The van der Waals surface area contributed by atoms with Gasteiger partial charge < -0.3 is 9.97 Å². The van der Waals surface area contributed by atoms with Gasteiger partial charge in [-0.3, -0.25) is 0 Å². The van der Waals surface area contributed by atoms with Crippen LogP contribution in [0.25, 0.3) is 33.3 Å². The van der Waals surface area contributed by atoms with Crippen LogP contribution in [0.1, 0.15) is 0 Å². The fourth-order valence-electron chi connectivity index (χ4n) is 2.24. The zero-order valence-electron chi connectivity index (χ0n) is 9.51. The van der Waals surface area contributed by atoms with Crippen LogP contribution in [0.3, 0.4) is 0 Å². The highest BCUT2D eigenvalue weighted by Crippen LogP contribution is 2.27. The molecule has 0 bridgehead atoms. The molecule has 0 radical (unpaired) electrons. The molecular formula is C14H10N4. The number of hydrogen-bond donors (Lipinski definition) is 2. The minimum absolute atomic E-state index is 0.818. The molecule has 2 N–H and O–H groups in total. The molecule has 0 atom stereocenters. The molecule has 0 aliphatic carbocycles. The normalized spacial score (nSPS) is 11.3. The zero-order valence-corrected chi connectivity index (χ0v) is 9.51. The van der Waals surface area contributed by atoms with Gasteiger partial charge >= 0.3 is 0 Å². The Labute approximate surface area is 103 Å². The molecule has 4 heteroatoms. The van der Waals surface area contributed by atoms with Crippen molar-refractivity contribution in [3.8, 4) is 11.3 Å². The Kier molecular flexibility index (Phi) is 1.80. The number of hydrogen-bond acceptors (Lipinski definition) is 2.